The van der Waals surface area contributed by atoms with Gasteiger partial charge >= 0.3 is 11.9 Å². The average Bonchev–Trinajstić information content (AvgIpc) is 3.04. The minimum Gasteiger partial charge on any atom is -0.465 e. The maximum atomic E-state index is 13.4. The van der Waals surface area contributed by atoms with Crippen molar-refractivity contribution >= 4 is 33.3 Å². The van der Waals surface area contributed by atoms with Crippen molar-refractivity contribution in [2.24, 2.45) is 11.8 Å². The Morgan fingerprint density at radius 1 is 1.04 bits per heavy atom. The molecule has 0 amide bonds. The molecular formula is C18H25NO6S2. The van der Waals surface area contributed by atoms with Gasteiger partial charge in [-0.3, -0.25) is 0 Å². The molecule has 0 radical (unpaired) electrons. The Bertz CT molecular complexity index is 844. The van der Waals surface area contributed by atoms with E-state index in [2.05, 4.69) is 0 Å². The van der Waals surface area contributed by atoms with Crippen molar-refractivity contribution in [3.8, 4) is 0 Å². The summed E-state index contributed by atoms with van der Waals surface area (Å²) in [7, 11) is -1.48. The number of methoxy groups -OCH3 is 2. The van der Waals surface area contributed by atoms with Crippen LogP contribution in [0, 0.1) is 18.8 Å². The van der Waals surface area contributed by atoms with Crippen molar-refractivity contribution in [3.63, 3.8) is 0 Å². The molecule has 0 spiro atoms. The number of fused-ring (bicyclic) bond motifs is 1. The van der Waals surface area contributed by atoms with E-state index in [1.54, 1.807) is 6.92 Å². The number of hydrogen-bond donors (Lipinski definition) is 0. The maximum Gasteiger partial charge on any atom is 0.348 e. The Morgan fingerprint density at radius 3 is 2.30 bits per heavy atom. The second kappa shape index (κ2) is 7.89. The summed E-state index contributed by atoms with van der Waals surface area (Å²) in [6.45, 7) is 2.45. The van der Waals surface area contributed by atoms with Crippen LogP contribution in [0.25, 0.3) is 0 Å². The number of carbonyl (C=O) groups excluding carboxylic acids is 2. The smallest absolute Gasteiger partial charge is 0.348 e. The predicted molar refractivity (Wildman–Crippen MR) is 101 cm³/mol. The van der Waals surface area contributed by atoms with E-state index in [9.17, 15) is 18.0 Å². The van der Waals surface area contributed by atoms with E-state index in [1.165, 1.54) is 24.9 Å². The zero-order chi connectivity index (χ0) is 19.8. The standard InChI is InChI=1S/C18H25NO6S2/c1-11-14(16(20)24-2)18(26-15(11)17(21)25-3)27(22,23)19-9-8-12-6-4-5-7-13(12)10-19/h12-13H,4-10H2,1-3H3/t12-,13-/m0/s1. The fourth-order valence-corrected chi connectivity index (χ4v) is 7.59. The molecule has 1 saturated carbocycles. The minimum absolute atomic E-state index is 0.0614. The number of ether oxygens (including phenoxy) is 2. The molecule has 2 fully saturated rings. The number of sulfonamides is 1. The average molecular weight is 416 g/mol. The van der Waals surface area contributed by atoms with Gasteiger partial charge < -0.3 is 9.47 Å². The van der Waals surface area contributed by atoms with Gasteiger partial charge in [0.2, 0.25) is 0 Å². The molecule has 1 aliphatic heterocycles. The summed E-state index contributed by atoms with van der Waals surface area (Å²) in [5, 5.41) is 0. The van der Waals surface area contributed by atoms with Crippen LogP contribution in [0.2, 0.25) is 0 Å². The SMILES string of the molecule is COC(=O)c1sc(S(=O)(=O)N2CC[C@@H]3CCCC[C@H]3C2)c(C(=O)OC)c1C. The van der Waals surface area contributed by atoms with E-state index in [0.717, 1.165) is 37.0 Å². The van der Waals surface area contributed by atoms with Gasteiger partial charge in [-0.1, -0.05) is 19.3 Å². The van der Waals surface area contributed by atoms with Crippen LogP contribution >= 0.6 is 11.3 Å². The summed E-state index contributed by atoms with van der Waals surface area (Å²) >= 11 is 0.787. The van der Waals surface area contributed by atoms with Crippen LogP contribution in [-0.4, -0.2) is 52.0 Å². The number of carbonyl (C=O) groups is 2. The van der Waals surface area contributed by atoms with Crippen molar-refractivity contribution in [3.05, 3.63) is 16.0 Å². The molecular weight excluding hydrogens is 390 g/mol. The van der Waals surface area contributed by atoms with Gasteiger partial charge in [-0.05, 0) is 37.2 Å². The zero-order valence-corrected chi connectivity index (χ0v) is 17.5. The van der Waals surface area contributed by atoms with Gasteiger partial charge in [-0.2, -0.15) is 4.31 Å². The molecule has 0 bridgehead atoms. The van der Waals surface area contributed by atoms with Gasteiger partial charge in [-0.25, -0.2) is 18.0 Å². The third-order valence-corrected chi connectivity index (χ3v) is 9.34. The predicted octanol–water partition coefficient (Wildman–Crippen LogP) is 2.83. The highest BCUT2D eigenvalue weighted by Crippen LogP contribution is 2.40. The molecule has 3 rings (SSSR count). The molecule has 1 aliphatic carbocycles. The first-order chi connectivity index (χ1) is 12.8. The Morgan fingerprint density at radius 2 is 1.67 bits per heavy atom. The zero-order valence-electron chi connectivity index (χ0n) is 15.8. The number of hydrogen-bond acceptors (Lipinski definition) is 7. The first-order valence-electron chi connectivity index (χ1n) is 9.11. The van der Waals surface area contributed by atoms with Gasteiger partial charge in [0.05, 0.1) is 19.8 Å². The van der Waals surface area contributed by atoms with Crippen molar-refractivity contribution in [1.29, 1.82) is 0 Å². The fourth-order valence-electron chi connectivity index (χ4n) is 4.20. The van der Waals surface area contributed by atoms with Crippen LogP contribution in [-0.2, 0) is 19.5 Å². The molecule has 1 aromatic heterocycles. The van der Waals surface area contributed by atoms with E-state index >= 15 is 0 Å². The van der Waals surface area contributed by atoms with E-state index in [1.807, 2.05) is 0 Å². The molecule has 0 N–H and O–H groups in total. The number of piperidine rings is 1. The Balaban J connectivity index is 2.00. The van der Waals surface area contributed by atoms with Gasteiger partial charge in [0, 0.05) is 13.1 Å². The molecule has 2 heterocycles. The monoisotopic (exact) mass is 415 g/mol. The summed E-state index contributed by atoms with van der Waals surface area (Å²) in [5.74, 6) is -0.467. The molecule has 27 heavy (non-hydrogen) atoms. The number of esters is 2. The summed E-state index contributed by atoms with van der Waals surface area (Å²) < 4.78 is 37.6. The Kier molecular flexibility index (Phi) is 5.93. The lowest BCUT2D eigenvalue weighted by Crippen LogP contribution is -2.44. The highest BCUT2D eigenvalue weighted by molar-refractivity contribution is 7.91. The van der Waals surface area contributed by atoms with E-state index in [-0.39, 0.29) is 20.2 Å². The van der Waals surface area contributed by atoms with Crippen molar-refractivity contribution < 1.29 is 27.5 Å². The summed E-state index contributed by atoms with van der Waals surface area (Å²) in [6.07, 6.45) is 5.39. The topological polar surface area (TPSA) is 90.0 Å². The van der Waals surface area contributed by atoms with Gasteiger partial charge in [0.1, 0.15) is 4.88 Å². The summed E-state index contributed by atoms with van der Waals surface area (Å²) in [6, 6.07) is 0. The van der Waals surface area contributed by atoms with Crippen LogP contribution in [0.15, 0.2) is 4.21 Å². The quantitative estimate of drug-likeness (QED) is 0.703. The molecule has 9 heteroatoms. The van der Waals surface area contributed by atoms with Gasteiger partial charge in [0.25, 0.3) is 10.0 Å². The van der Waals surface area contributed by atoms with Gasteiger partial charge in [-0.15, -0.1) is 11.3 Å². The summed E-state index contributed by atoms with van der Waals surface area (Å²) in [5.41, 5.74) is 0.221. The Labute approximate surface area is 163 Å². The molecule has 2 atom stereocenters. The van der Waals surface area contributed by atoms with E-state index < -0.39 is 22.0 Å². The van der Waals surface area contributed by atoms with Crippen molar-refractivity contribution in [1.82, 2.24) is 4.31 Å². The highest BCUT2D eigenvalue weighted by atomic mass is 32.2. The van der Waals surface area contributed by atoms with Crippen molar-refractivity contribution in [2.75, 3.05) is 27.3 Å². The summed E-state index contributed by atoms with van der Waals surface area (Å²) in [4.78, 5) is 24.4. The third kappa shape index (κ3) is 3.64. The van der Waals surface area contributed by atoms with E-state index in [4.69, 9.17) is 9.47 Å². The first kappa shape index (κ1) is 20.3. The number of rotatable bonds is 4. The van der Waals surface area contributed by atoms with Crippen LogP contribution in [0.4, 0.5) is 0 Å². The number of thiophene rings is 1. The molecule has 150 valence electrons. The lowest BCUT2D eigenvalue weighted by Gasteiger charge is -2.40. The maximum absolute atomic E-state index is 13.4. The van der Waals surface area contributed by atoms with Crippen LogP contribution in [0.3, 0.4) is 0 Å². The molecule has 7 nitrogen and oxygen atoms in total. The molecule has 1 saturated heterocycles. The van der Waals surface area contributed by atoms with Crippen LogP contribution in [0.1, 0.15) is 57.7 Å². The largest absolute Gasteiger partial charge is 0.465 e. The lowest BCUT2D eigenvalue weighted by atomic mass is 9.76. The number of nitrogens with zero attached hydrogens (tertiary/aromatic N) is 1. The van der Waals surface area contributed by atoms with Gasteiger partial charge in [0.15, 0.2) is 4.21 Å². The third-order valence-electron chi connectivity index (χ3n) is 5.70. The van der Waals surface area contributed by atoms with Crippen molar-refractivity contribution in [2.45, 2.75) is 43.2 Å². The minimum atomic E-state index is -3.90. The molecule has 0 unspecified atom stereocenters. The Hall–Kier alpha value is -1.45. The molecule has 1 aromatic rings. The molecule has 0 aromatic carbocycles. The normalized spacial score (nSPS) is 23.5. The fraction of sp³-hybridized carbons (Fsp3) is 0.667. The van der Waals surface area contributed by atoms with E-state index in [0.29, 0.717) is 24.9 Å². The highest BCUT2D eigenvalue weighted by Gasteiger charge is 2.40. The lowest BCUT2D eigenvalue weighted by molar-refractivity contribution is 0.0596. The second-order valence-corrected chi connectivity index (χ2v) is 10.3. The molecule has 2 aliphatic rings. The van der Waals surface area contributed by atoms with Crippen LogP contribution < -0.4 is 0 Å². The van der Waals surface area contributed by atoms with Crippen LogP contribution in [0.5, 0.6) is 0 Å². The second-order valence-electron chi connectivity index (χ2n) is 7.16. The first-order valence-corrected chi connectivity index (χ1v) is 11.4.